The third-order valence-corrected chi connectivity index (χ3v) is 6.22. The average molecular weight is 459 g/mol. The van der Waals surface area contributed by atoms with E-state index in [-0.39, 0.29) is 17.8 Å². The molecule has 1 aromatic heterocycles. The van der Waals surface area contributed by atoms with Crippen molar-refractivity contribution in [2.45, 2.75) is 42.8 Å². The van der Waals surface area contributed by atoms with E-state index in [2.05, 4.69) is 20.1 Å². The van der Waals surface area contributed by atoms with Gasteiger partial charge in [0.25, 0.3) is 0 Å². The standard InChI is InChI=1S/C22H23ClN4O3S/c1-14(21(28)24-15-7-11-17(29-2)12-8-15)31-22-26-25-20(27(22)16-9-10-16)13-30-19-6-4-3-5-18(19)23/h3-8,11-12,14,16H,9-10,13H2,1-2H3,(H,24,28). The van der Waals surface area contributed by atoms with Crippen molar-refractivity contribution >= 4 is 35.0 Å². The third kappa shape index (κ3) is 5.32. The van der Waals surface area contributed by atoms with E-state index < -0.39 is 0 Å². The Morgan fingerprint density at radius 2 is 1.97 bits per heavy atom. The topological polar surface area (TPSA) is 78.3 Å². The fourth-order valence-electron chi connectivity index (χ4n) is 3.02. The van der Waals surface area contributed by atoms with Crippen molar-refractivity contribution in [1.29, 1.82) is 0 Å². The van der Waals surface area contributed by atoms with Crippen LogP contribution in [0.3, 0.4) is 0 Å². The van der Waals surface area contributed by atoms with Gasteiger partial charge in [-0.2, -0.15) is 0 Å². The molecule has 0 spiro atoms. The van der Waals surface area contributed by atoms with Gasteiger partial charge in [0.05, 0.1) is 17.4 Å². The molecule has 0 aliphatic heterocycles. The molecule has 1 aliphatic rings. The summed E-state index contributed by atoms with van der Waals surface area (Å²) in [4.78, 5) is 12.7. The molecule has 162 valence electrons. The van der Waals surface area contributed by atoms with Crippen LogP contribution in [0.4, 0.5) is 5.69 Å². The van der Waals surface area contributed by atoms with Crippen LogP contribution < -0.4 is 14.8 Å². The van der Waals surface area contributed by atoms with Gasteiger partial charge in [-0.15, -0.1) is 10.2 Å². The Balaban J connectivity index is 1.41. The number of ether oxygens (including phenoxy) is 2. The van der Waals surface area contributed by atoms with Gasteiger partial charge in [-0.3, -0.25) is 9.36 Å². The first-order valence-corrected chi connectivity index (χ1v) is 11.2. The van der Waals surface area contributed by atoms with Crippen molar-refractivity contribution in [3.05, 3.63) is 59.4 Å². The molecule has 2 aromatic carbocycles. The molecule has 1 fully saturated rings. The second-order valence-electron chi connectivity index (χ2n) is 7.20. The van der Waals surface area contributed by atoms with Crippen molar-refractivity contribution in [1.82, 2.24) is 14.8 Å². The number of carbonyl (C=O) groups excluding carboxylic acids is 1. The summed E-state index contributed by atoms with van der Waals surface area (Å²) in [6, 6.07) is 14.9. The fourth-order valence-corrected chi connectivity index (χ4v) is 4.15. The van der Waals surface area contributed by atoms with E-state index in [4.69, 9.17) is 21.1 Å². The number of aromatic nitrogens is 3. The zero-order valence-electron chi connectivity index (χ0n) is 17.2. The first-order valence-electron chi connectivity index (χ1n) is 9.98. The molecule has 1 aliphatic carbocycles. The van der Waals surface area contributed by atoms with Gasteiger partial charge in [0.15, 0.2) is 11.0 Å². The molecule has 7 nitrogen and oxygen atoms in total. The Kier molecular flexibility index (Phi) is 6.67. The van der Waals surface area contributed by atoms with E-state index in [1.54, 1.807) is 13.2 Å². The molecule has 9 heteroatoms. The second kappa shape index (κ2) is 9.62. The van der Waals surface area contributed by atoms with Gasteiger partial charge in [0.1, 0.15) is 18.1 Å². The number of rotatable bonds is 9. The summed E-state index contributed by atoms with van der Waals surface area (Å²) in [5.74, 6) is 1.97. The van der Waals surface area contributed by atoms with Crippen LogP contribution >= 0.6 is 23.4 Å². The molecule has 1 unspecified atom stereocenters. The lowest BCUT2D eigenvalue weighted by molar-refractivity contribution is -0.115. The summed E-state index contributed by atoms with van der Waals surface area (Å²) in [7, 11) is 1.61. The lowest BCUT2D eigenvalue weighted by Crippen LogP contribution is -2.23. The maximum absolute atomic E-state index is 12.7. The van der Waals surface area contributed by atoms with E-state index in [9.17, 15) is 4.79 Å². The number of nitrogens with zero attached hydrogens (tertiary/aromatic N) is 3. The summed E-state index contributed by atoms with van der Waals surface area (Å²) < 4.78 is 13.1. The smallest absolute Gasteiger partial charge is 0.237 e. The molecule has 1 saturated carbocycles. The average Bonchev–Trinajstić information content (AvgIpc) is 3.54. The second-order valence-corrected chi connectivity index (χ2v) is 8.91. The Labute approximate surface area is 190 Å². The number of benzene rings is 2. The van der Waals surface area contributed by atoms with Gasteiger partial charge in [-0.25, -0.2) is 0 Å². The highest BCUT2D eigenvalue weighted by Gasteiger charge is 2.31. The molecule has 1 heterocycles. The monoisotopic (exact) mass is 458 g/mol. The van der Waals surface area contributed by atoms with Gasteiger partial charge in [-0.1, -0.05) is 35.5 Å². The maximum atomic E-state index is 12.7. The van der Waals surface area contributed by atoms with Crippen LogP contribution in [0.1, 0.15) is 31.6 Å². The zero-order chi connectivity index (χ0) is 21.8. The lowest BCUT2D eigenvalue weighted by Gasteiger charge is -2.14. The quantitative estimate of drug-likeness (QED) is 0.456. The van der Waals surface area contributed by atoms with E-state index in [0.29, 0.717) is 16.8 Å². The normalized spacial score (nSPS) is 14.2. The van der Waals surface area contributed by atoms with Crippen molar-refractivity contribution in [3.8, 4) is 11.5 Å². The molecule has 31 heavy (non-hydrogen) atoms. The molecule has 4 rings (SSSR count). The number of para-hydroxylation sites is 1. The van der Waals surface area contributed by atoms with Gasteiger partial charge in [-0.05, 0) is 56.2 Å². The Morgan fingerprint density at radius 1 is 1.23 bits per heavy atom. The molecule has 0 radical (unpaired) electrons. The molecule has 0 bridgehead atoms. The summed E-state index contributed by atoms with van der Waals surface area (Å²) in [6.45, 7) is 2.12. The molecule has 0 saturated heterocycles. The lowest BCUT2D eigenvalue weighted by atomic mass is 10.3. The summed E-state index contributed by atoms with van der Waals surface area (Å²) in [5, 5.41) is 12.5. The number of thioether (sulfide) groups is 1. The van der Waals surface area contributed by atoms with Crippen molar-refractivity contribution in [3.63, 3.8) is 0 Å². The fraction of sp³-hybridized carbons (Fsp3) is 0.318. The van der Waals surface area contributed by atoms with Crippen LogP contribution in [0, 0.1) is 0 Å². The minimum Gasteiger partial charge on any atom is -0.497 e. The molecule has 1 N–H and O–H groups in total. The number of amides is 1. The zero-order valence-corrected chi connectivity index (χ0v) is 18.8. The van der Waals surface area contributed by atoms with Crippen LogP contribution in [-0.4, -0.2) is 33.0 Å². The van der Waals surface area contributed by atoms with Crippen molar-refractivity contribution < 1.29 is 14.3 Å². The summed E-state index contributed by atoms with van der Waals surface area (Å²) >= 11 is 7.56. The minimum absolute atomic E-state index is 0.102. The molecular weight excluding hydrogens is 436 g/mol. The van der Waals surface area contributed by atoms with Crippen LogP contribution in [0.15, 0.2) is 53.7 Å². The Morgan fingerprint density at radius 3 is 2.65 bits per heavy atom. The number of hydrogen-bond donors (Lipinski definition) is 1. The van der Waals surface area contributed by atoms with E-state index in [0.717, 1.165) is 35.3 Å². The van der Waals surface area contributed by atoms with E-state index in [1.165, 1.54) is 11.8 Å². The maximum Gasteiger partial charge on any atom is 0.237 e. The molecule has 1 atom stereocenters. The number of halogens is 1. The number of anilines is 1. The minimum atomic E-state index is -0.346. The van der Waals surface area contributed by atoms with Gasteiger partial charge in [0, 0.05) is 11.7 Å². The number of carbonyl (C=O) groups is 1. The first-order chi connectivity index (χ1) is 15.0. The predicted molar refractivity (Wildman–Crippen MR) is 121 cm³/mol. The Bertz CT molecular complexity index is 1050. The SMILES string of the molecule is COc1ccc(NC(=O)C(C)Sc2nnc(COc3ccccc3Cl)n2C2CC2)cc1. The van der Waals surface area contributed by atoms with E-state index in [1.807, 2.05) is 49.4 Å². The molecule has 1 amide bonds. The van der Waals surface area contributed by atoms with Gasteiger partial charge in [0.2, 0.25) is 5.91 Å². The van der Waals surface area contributed by atoms with Crippen LogP contribution in [-0.2, 0) is 11.4 Å². The van der Waals surface area contributed by atoms with Crippen LogP contribution in [0.2, 0.25) is 5.02 Å². The Hall–Kier alpha value is -2.71. The van der Waals surface area contributed by atoms with Crippen LogP contribution in [0.25, 0.3) is 0 Å². The predicted octanol–water partition coefficient (Wildman–Crippen LogP) is 4.97. The van der Waals surface area contributed by atoms with Gasteiger partial charge < -0.3 is 14.8 Å². The van der Waals surface area contributed by atoms with Gasteiger partial charge >= 0.3 is 0 Å². The van der Waals surface area contributed by atoms with Crippen molar-refractivity contribution in [2.24, 2.45) is 0 Å². The van der Waals surface area contributed by atoms with Crippen molar-refractivity contribution in [2.75, 3.05) is 12.4 Å². The first kappa shape index (κ1) is 21.5. The highest BCUT2D eigenvalue weighted by molar-refractivity contribution is 8.00. The van der Waals surface area contributed by atoms with Crippen LogP contribution in [0.5, 0.6) is 11.5 Å². The van der Waals surface area contributed by atoms with E-state index >= 15 is 0 Å². The largest absolute Gasteiger partial charge is 0.497 e. The third-order valence-electron chi connectivity index (χ3n) is 4.85. The summed E-state index contributed by atoms with van der Waals surface area (Å²) in [5.41, 5.74) is 0.718. The summed E-state index contributed by atoms with van der Waals surface area (Å²) in [6.07, 6.45) is 2.13. The highest BCUT2D eigenvalue weighted by Crippen LogP contribution is 2.40. The highest BCUT2D eigenvalue weighted by atomic mass is 35.5. The molecular formula is C22H23ClN4O3S. The number of methoxy groups -OCH3 is 1. The number of hydrogen-bond acceptors (Lipinski definition) is 6. The molecule has 3 aromatic rings. The number of nitrogens with one attached hydrogen (secondary N) is 1.